The van der Waals surface area contributed by atoms with E-state index in [1.54, 1.807) is 11.3 Å². The largest absolute Gasteiger partial charge is 0.308 e. The van der Waals surface area contributed by atoms with Crippen LogP contribution in [0.2, 0.25) is 0 Å². The smallest absolute Gasteiger partial charge is 0.247 e. The summed E-state index contributed by atoms with van der Waals surface area (Å²) in [5.41, 5.74) is 0. The minimum absolute atomic E-state index is 0.0200. The number of thiophene rings is 1. The molecule has 0 spiro atoms. The summed E-state index contributed by atoms with van der Waals surface area (Å²) in [5, 5.41) is 4.64. The van der Waals surface area contributed by atoms with Crippen LogP contribution in [0.15, 0.2) is 22.5 Å². The monoisotopic (exact) mass is 166 g/mol. The van der Waals surface area contributed by atoms with Gasteiger partial charge in [-0.3, -0.25) is 9.79 Å². The van der Waals surface area contributed by atoms with Crippen LogP contribution in [0.25, 0.3) is 0 Å². The molecule has 0 saturated carbocycles. The van der Waals surface area contributed by atoms with E-state index in [0.29, 0.717) is 5.84 Å². The third-order valence-corrected chi connectivity index (χ3v) is 2.27. The molecule has 1 aromatic heterocycles. The van der Waals surface area contributed by atoms with Crippen molar-refractivity contribution in [3.8, 4) is 0 Å². The summed E-state index contributed by atoms with van der Waals surface area (Å²) in [6, 6.07) is 3.88. The summed E-state index contributed by atoms with van der Waals surface area (Å²) >= 11 is 1.58. The van der Waals surface area contributed by atoms with Gasteiger partial charge in [0.05, 0.1) is 4.88 Å². The topological polar surface area (TPSA) is 41.5 Å². The molecule has 0 atom stereocenters. The molecule has 4 heteroatoms. The lowest BCUT2D eigenvalue weighted by molar-refractivity contribution is -0.117. The Morgan fingerprint density at radius 1 is 1.64 bits per heavy atom. The number of amides is 1. The second kappa shape index (κ2) is 2.47. The number of carbonyl (C=O) groups excluding carboxylic acids is 1. The Labute approximate surface area is 67.8 Å². The lowest BCUT2D eigenvalue weighted by atomic mass is 10.4. The predicted octanol–water partition coefficient (Wildman–Crippen LogP) is 0.625. The van der Waals surface area contributed by atoms with Crippen LogP contribution in [0.5, 0.6) is 0 Å². The van der Waals surface area contributed by atoms with Crippen LogP contribution >= 0.6 is 11.3 Å². The summed E-state index contributed by atoms with van der Waals surface area (Å²) in [6.45, 7) is 0.271. The Morgan fingerprint density at radius 2 is 2.55 bits per heavy atom. The Kier molecular flexibility index (Phi) is 1.47. The van der Waals surface area contributed by atoms with E-state index in [4.69, 9.17) is 0 Å². The first-order valence-electron chi connectivity index (χ1n) is 3.24. The van der Waals surface area contributed by atoms with Crippen LogP contribution in [0.3, 0.4) is 0 Å². The molecule has 1 N–H and O–H groups in total. The van der Waals surface area contributed by atoms with Crippen LogP contribution < -0.4 is 5.32 Å². The molecular weight excluding hydrogens is 160 g/mol. The van der Waals surface area contributed by atoms with Gasteiger partial charge in [0.25, 0.3) is 0 Å². The molecule has 1 amide bonds. The zero-order chi connectivity index (χ0) is 7.68. The number of nitrogens with one attached hydrogen (secondary N) is 1. The first-order chi connectivity index (χ1) is 5.36. The molecule has 1 aliphatic rings. The molecule has 0 bridgehead atoms. The first kappa shape index (κ1) is 6.54. The molecule has 0 aromatic carbocycles. The summed E-state index contributed by atoms with van der Waals surface area (Å²) < 4.78 is 0. The van der Waals surface area contributed by atoms with Gasteiger partial charge in [0.1, 0.15) is 12.4 Å². The number of aliphatic imine (C=N–C) groups is 1. The molecule has 3 nitrogen and oxygen atoms in total. The number of nitrogens with zero attached hydrogens (tertiary/aromatic N) is 1. The average Bonchev–Trinajstić information content (AvgIpc) is 2.55. The molecule has 1 aromatic rings. The van der Waals surface area contributed by atoms with Gasteiger partial charge in [0.15, 0.2) is 0 Å². The molecular formula is C7H6N2OS. The van der Waals surface area contributed by atoms with E-state index >= 15 is 0 Å². The highest BCUT2D eigenvalue weighted by atomic mass is 32.1. The Hall–Kier alpha value is -1.16. The Balaban J connectivity index is 2.26. The second-order valence-corrected chi connectivity index (χ2v) is 3.14. The highest BCUT2D eigenvalue weighted by molar-refractivity contribution is 7.12. The third kappa shape index (κ3) is 1.17. The lowest BCUT2D eigenvalue weighted by Crippen LogP contribution is -2.24. The molecule has 0 unspecified atom stereocenters. The van der Waals surface area contributed by atoms with Crippen molar-refractivity contribution >= 4 is 23.1 Å². The lowest BCUT2D eigenvalue weighted by Gasteiger charge is -1.93. The van der Waals surface area contributed by atoms with Gasteiger partial charge < -0.3 is 5.32 Å². The summed E-state index contributed by atoms with van der Waals surface area (Å²) in [5.74, 6) is 0.693. The maximum Gasteiger partial charge on any atom is 0.247 e. The fraction of sp³-hybridized carbons (Fsp3) is 0.143. The van der Waals surface area contributed by atoms with Crippen molar-refractivity contribution in [1.29, 1.82) is 0 Å². The summed E-state index contributed by atoms with van der Waals surface area (Å²) in [6.07, 6.45) is 0. The van der Waals surface area contributed by atoms with Crippen LogP contribution in [-0.4, -0.2) is 18.3 Å². The predicted molar refractivity (Wildman–Crippen MR) is 43.9 cm³/mol. The maximum atomic E-state index is 10.7. The molecule has 56 valence electrons. The van der Waals surface area contributed by atoms with Gasteiger partial charge in [0.2, 0.25) is 5.91 Å². The summed E-state index contributed by atoms with van der Waals surface area (Å²) in [7, 11) is 0. The van der Waals surface area contributed by atoms with E-state index < -0.39 is 0 Å². The molecule has 2 heterocycles. The van der Waals surface area contributed by atoms with Crippen LogP contribution in [-0.2, 0) is 4.79 Å². The minimum Gasteiger partial charge on any atom is -0.308 e. The molecule has 0 fully saturated rings. The fourth-order valence-corrected chi connectivity index (χ4v) is 1.60. The van der Waals surface area contributed by atoms with E-state index in [1.165, 1.54) is 0 Å². The molecule has 0 saturated heterocycles. The number of hydrogen-bond donors (Lipinski definition) is 1. The van der Waals surface area contributed by atoms with Crippen molar-refractivity contribution in [2.24, 2.45) is 4.99 Å². The van der Waals surface area contributed by atoms with E-state index in [1.807, 2.05) is 17.5 Å². The van der Waals surface area contributed by atoms with Gasteiger partial charge in [-0.2, -0.15) is 0 Å². The second-order valence-electron chi connectivity index (χ2n) is 2.19. The van der Waals surface area contributed by atoms with Gasteiger partial charge in [-0.25, -0.2) is 0 Å². The van der Waals surface area contributed by atoms with E-state index in [-0.39, 0.29) is 12.5 Å². The SMILES string of the molecule is O=C1CN=C(c2cccs2)N1. The van der Waals surface area contributed by atoms with Crippen molar-refractivity contribution in [3.63, 3.8) is 0 Å². The van der Waals surface area contributed by atoms with Crippen molar-refractivity contribution < 1.29 is 4.79 Å². The first-order valence-corrected chi connectivity index (χ1v) is 4.12. The quantitative estimate of drug-likeness (QED) is 0.653. The number of carbonyl (C=O) groups is 1. The fourth-order valence-electron chi connectivity index (χ4n) is 0.915. The van der Waals surface area contributed by atoms with Gasteiger partial charge in [-0.05, 0) is 11.4 Å². The third-order valence-electron chi connectivity index (χ3n) is 1.39. The van der Waals surface area contributed by atoms with Gasteiger partial charge >= 0.3 is 0 Å². The minimum atomic E-state index is -0.0200. The van der Waals surface area contributed by atoms with Crippen LogP contribution in [0, 0.1) is 0 Å². The highest BCUT2D eigenvalue weighted by Crippen LogP contribution is 2.10. The maximum absolute atomic E-state index is 10.7. The van der Waals surface area contributed by atoms with Gasteiger partial charge in [-0.1, -0.05) is 6.07 Å². The molecule has 0 radical (unpaired) electrons. The number of rotatable bonds is 1. The molecule has 1 aliphatic heterocycles. The molecule has 2 rings (SSSR count). The Bertz CT molecular complexity index is 302. The zero-order valence-electron chi connectivity index (χ0n) is 5.70. The normalized spacial score (nSPS) is 16.4. The standard InChI is InChI=1S/C7H6N2OS/c10-6-4-8-7(9-6)5-2-1-3-11-5/h1-3H,4H2,(H,8,9,10). The molecule has 11 heavy (non-hydrogen) atoms. The summed E-state index contributed by atoms with van der Waals surface area (Å²) in [4.78, 5) is 15.8. The van der Waals surface area contributed by atoms with E-state index in [9.17, 15) is 4.79 Å². The van der Waals surface area contributed by atoms with Crippen LogP contribution in [0.1, 0.15) is 4.88 Å². The van der Waals surface area contributed by atoms with Crippen LogP contribution in [0.4, 0.5) is 0 Å². The molecule has 0 aliphatic carbocycles. The number of amidine groups is 1. The van der Waals surface area contributed by atoms with E-state index in [0.717, 1.165) is 4.88 Å². The number of hydrogen-bond acceptors (Lipinski definition) is 3. The van der Waals surface area contributed by atoms with Crippen molar-refractivity contribution in [1.82, 2.24) is 5.32 Å². The van der Waals surface area contributed by atoms with Crippen molar-refractivity contribution in [3.05, 3.63) is 22.4 Å². The Morgan fingerprint density at radius 3 is 3.09 bits per heavy atom. The van der Waals surface area contributed by atoms with Crippen molar-refractivity contribution in [2.45, 2.75) is 0 Å². The average molecular weight is 166 g/mol. The van der Waals surface area contributed by atoms with Crippen molar-refractivity contribution in [2.75, 3.05) is 6.54 Å². The van der Waals surface area contributed by atoms with Gasteiger partial charge in [-0.15, -0.1) is 11.3 Å². The van der Waals surface area contributed by atoms with E-state index in [2.05, 4.69) is 10.3 Å². The highest BCUT2D eigenvalue weighted by Gasteiger charge is 2.14. The zero-order valence-corrected chi connectivity index (χ0v) is 6.52. The van der Waals surface area contributed by atoms with Gasteiger partial charge in [0, 0.05) is 0 Å².